The molecule has 1 unspecified atom stereocenters. The van der Waals surface area contributed by atoms with Gasteiger partial charge in [0, 0.05) is 30.7 Å². The maximum atomic E-state index is 12.8. The van der Waals surface area contributed by atoms with E-state index >= 15 is 0 Å². The van der Waals surface area contributed by atoms with E-state index in [0.717, 1.165) is 11.4 Å². The molecule has 1 atom stereocenters. The molecular formula is C19H19F3N6O4. The number of carboxylic acids is 1. The summed E-state index contributed by atoms with van der Waals surface area (Å²) in [6, 6.07) is 7.36. The standard InChI is InChI=1S/C17H18N6O2.C2HF3O2/c1-12-16(20-11-19-12)17(24)22-8-13-5-7-21-23(13)14(9-22)10-25-15-4-2-3-6-18-15;3-2(4,5)1(6)7/h2-7,11,14H,8-10H2,1H3,(H,19,20);(H,6,7). The fourth-order valence-corrected chi connectivity index (χ4v) is 3.00. The highest BCUT2D eigenvalue weighted by Crippen LogP contribution is 2.23. The fourth-order valence-electron chi connectivity index (χ4n) is 3.00. The van der Waals surface area contributed by atoms with Crippen molar-refractivity contribution in [3.63, 3.8) is 0 Å². The average molecular weight is 452 g/mol. The van der Waals surface area contributed by atoms with Crippen molar-refractivity contribution in [1.82, 2.24) is 29.6 Å². The highest BCUT2D eigenvalue weighted by molar-refractivity contribution is 5.93. The van der Waals surface area contributed by atoms with Gasteiger partial charge in [0.2, 0.25) is 5.88 Å². The number of ether oxygens (including phenoxy) is 1. The summed E-state index contributed by atoms with van der Waals surface area (Å²) >= 11 is 0. The first-order valence-electron chi connectivity index (χ1n) is 9.32. The van der Waals surface area contributed by atoms with Crippen molar-refractivity contribution >= 4 is 11.9 Å². The van der Waals surface area contributed by atoms with Gasteiger partial charge in [-0.25, -0.2) is 14.8 Å². The zero-order chi connectivity index (χ0) is 23.3. The van der Waals surface area contributed by atoms with Crippen LogP contribution in [0, 0.1) is 6.92 Å². The molecule has 4 heterocycles. The molecule has 1 aliphatic rings. The molecule has 10 nitrogen and oxygen atoms in total. The summed E-state index contributed by atoms with van der Waals surface area (Å²) < 4.78 is 39.4. The number of hydrogen-bond donors (Lipinski definition) is 2. The first-order valence-corrected chi connectivity index (χ1v) is 9.32. The van der Waals surface area contributed by atoms with Crippen LogP contribution in [0.3, 0.4) is 0 Å². The minimum absolute atomic E-state index is 0.0797. The summed E-state index contributed by atoms with van der Waals surface area (Å²) in [6.07, 6.45) is -0.110. The van der Waals surface area contributed by atoms with Crippen molar-refractivity contribution in [2.75, 3.05) is 13.2 Å². The third kappa shape index (κ3) is 5.42. The van der Waals surface area contributed by atoms with E-state index in [1.807, 2.05) is 35.9 Å². The van der Waals surface area contributed by atoms with Crippen molar-refractivity contribution in [3.8, 4) is 5.88 Å². The van der Waals surface area contributed by atoms with Gasteiger partial charge in [-0.05, 0) is 19.1 Å². The quantitative estimate of drug-likeness (QED) is 0.622. The summed E-state index contributed by atoms with van der Waals surface area (Å²) in [6.45, 7) is 3.24. The molecule has 0 aromatic carbocycles. The lowest BCUT2D eigenvalue weighted by Gasteiger charge is -2.33. The van der Waals surface area contributed by atoms with Gasteiger partial charge in [-0.1, -0.05) is 6.07 Å². The lowest BCUT2D eigenvalue weighted by Crippen LogP contribution is -2.43. The molecule has 0 bridgehead atoms. The van der Waals surface area contributed by atoms with Gasteiger partial charge in [-0.3, -0.25) is 9.48 Å². The van der Waals surface area contributed by atoms with Crippen molar-refractivity contribution in [3.05, 3.63) is 60.1 Å². The second-order valence-corrected chi connectivity index (χ2v) is 6.76. The van der Waals surface area contributed by atoms with Gasteiger partial charge in [0.25, 0.3) is 5.91 Å². The van der Waals surface area contributed by atoms with E-state index in [1.54, 1.807) is 23.6 Å². The number of hydrogen-bond acceptors (Lipinski definition) is 6. The maximum Gasteiger partial charge on any atom is 0.490 e. The second kappa shape index (κ2) is 9.49. The molecule has 0 aliphatic carbocycles. The monoisotopic (exact) mass is 452 g/mol. The lowest BCUT2D eigenvalue weighted by molar-refractivity contribution is -0.192. The zero-order valence-electron chi connectivity index (χ0n) is 16.8. The molecule has 4 rings (SSSR count). The topological polar surface area (TPSA) is 126 Å². The van der Waals surface area contributed by atoms with E-state index in [1.165, 1.54) is 0 Å². The molecule has 1 aliphatic heterocycles. The number of carboxylic acid groups (broad SMARTS) is 1. The van der Waals surface area contributed by atoms with Crippen LogP contribution in [-0.4, -0.2) is 65.9 Å². The number of H-pyrrole nitrogens is 1. The van der Waals surface area contributed by atoms with Crippen molar-refractivity contribution < 1.29 is 32.6 Å². The van der Waals surface area contributed by atoms with Gasteiger partial charge in [-0.2, -0.15) is 18.3 Å². The Hall–Kier alpha value is -3.90. The first-order chi connectivity index (χ1) is 15.2. The minimum atomic E-state index is -5.08. The van der Waals surface area contributed by atoms with Crippen molar-refractivity contribution in [2.45, 2.75) is 25.7 Å². The smallest absolute Gasteiger partial charge is 0.475 e. The van der Waals surface area contributed by atoms with Gasteiger partial charge < -0.3 is 19.7 Å². The molecule has 2 N–H and O–H groups in total. The number of pyridine rings is 1. The van der Waals surface area contributed by atoms with E-state index < -0.39 is 12.1 Å². The normalized spacial score (nSPS) is 15.4. The van der Waals surface area contributed by atoms with E-state index in [9.17, 15) is 18.0 Å². The highest BCUT2D eigenvalue weighted by Gasteiger charge is 2.38. The van der Waals surface area contributed by atoms with Crippen LogP contribution in [0.5, 0.6) is 5.88 Å². The second-order valence-electron chi connectivity index (χ2n) is 6.76. The zero-order valence-corrected chi connectivity index (χ0v) is 16.8. The summed E-state index contributed by atoms with van der Waals surface area (Å²) in [5.41, 5.74) is 2.20. The number of imidazole rings is 1. The third-order valence-electron chi connectivity index (χ3n) is 4.51. The van der Waals surface area contributed by atoms with Gasteiger partial charge in [0.15, 0.2) is 0 Å². The molecular weight excluding hydrogens is 433 g/mol. The van der Waals surface area contributed by atoms with Crippen LogP contribution in [0.25, 0.3) is 0 Å². The molecule has 3 aromatic heterocycles. The van der Waals surface area contributed by atoms with Crippen LogP contribution in [-0.2, 0) is 11.3 Å². The number of aliphatic carboxylic acids is 1. The van der Waals surface area contributed by atoms with Crippen LogP contribution in [0.2, 0.25) is 0 Å². The number of aryl methyl sites for hydroxylation is 1. The number of fused-ring (bicyclic) bond motifs is 1. The summed E-state index contributed by atoms with van der Waals surface area (Å²) in [4.78, 5) is 34.7. The Labute approximate surface area is 179 Å². The third-order valence-corrected chi connectivity index (χ3v) is 4.51. The SMILES string of the molecule is Cc1[nH]cnc1C(=O)N1Cc2ccnn2C(COc2ccccn2)C1.O=C(O)C(F)(F)F. The Kier molecular flexibility index (Phi) is 6.76. The Morgan fingerprint density at radius 1 is 1.25 bits per heavy atom. The van der Waals surface area contributed by atoms with E-state index in [-0.39, 0.29) is 11.9 Å². The number of alkyl halides is 3. The summed E-state index contributed by atoms with van der Waals surface area (Å²) in [5.74, 6) is -2.29. The van der Waals surface area contributed by atoms with E-state index in [2.05, 4.69) is 20.1 Å². The van der Waals surface area contributed by atoms with Crippen molar-refractivity contribution in [2.24, 2.45) is 0 Å². The molecule has 0 radical (unpaired) electrons. The number of aromatic nitrogens is 5. The maximum absolute atomic E-state index is 12.8. The lowest BCUT2D eigenvalue weighted by atomic mass is 10.1. The molecule has 0 saturated heterocycles. The van der Waals surface area contributed by atoms with E-state index in [4.69, 9.17) is 14.6 Å². The Morgan fingerprint density at radius 3 is 2.59 bits per heavy atom. The molecule has 3 aromatic rings. The van der Waals surface area contributed by atoms with Crippen molar-refractivity contribution in [1.29, 1.82) is 0 Å². The molecule has 1 amide bonds. The molecule has 32 heavy (non-hydrogen) atoms. The van der Waals surface area contributed by atoms with Gasteiger partial charge in [0.05, 0.1) is 18.6 Å². The largest absolute Gasteiger partial charge is 0.490 e. The number of nitrogens with one attached hydrogen (secondary N) is 1. The van der Waals surface area contributed by atoms with Crippen LogP contribution >= 0.6 is 0 Å². The molecule has 0 fully saturated rings. The number of aromatic amines is 1. The Morgan fingerprint density at radius 2 is 2.00 bits per heavy atom. The number of carbonyl (C=O) groups is 2. The van der Waals surface area contributed by atoms with Crippen LogP contribution in [0.1, 0.15) is 27.9 Å². The Bertz CT molecular complexity index is 1070. The Balaban J connectivity index is 0.000000360. The highest BCUT2D eigenvalue weighted by atomic mass is 19.4. The minimum Gasteiger partial charge on any atom is -0.475 e. The van der Waals surface area contributed by atoms with Crippen LogP contribution < -0.4 is 4.74 Å². The summed E-state index contributed by atoms with van der Waals surface area (Å²) in [7, 11) is 0. The molecule has 170 valence electrons. The predicted octanol–water partition coefficient (Wildman–Crippen LogP) is 2.22. The number of carbonyl (C=O) groups excluding carboxylic acids is 1. The number of amides is 1. The predicted molar refractivity (Wildman–Crippen MR) is 103 cm³/mol. The molecule has 0 spiro atoms. The van der Waals surface area contributed by atoms with Crippen LogP contribution in [0.4, 0.5) is 13.2 Å². The van der Waals surface area contributed by atoms with Gasteiger partial charge >= 0.3 is 12.1 Å². The van der Waals surface area contributed by atoms with Gasteiger partial charge in [0.1, 0.15) is 18.3 Å². The molecule has 0 saturated carbocycles. The molecule has 13 heteroatoms. The number of nitrogens with zero attached hydrogens (tertiary/aromatic N) is 5. The summed E-state index contributed by atoms with van der Waals surface area (Å²) in [5, 5.41) is 11.5. The number of halogens is 3. The number of rotatable bonds is 4. The van der Waals surface area contributed by atoms with Crippen LogP contribution in [0.15, 0.2) is 43.0 Å². The van der Waals surface area contributed by atoms with Gasteiger partial charge in [-0.15, -0.1) is 0 Å². The fraction of sp³-hybridized carbons (Fsp3) is 0.316. The first kappa shape index (κ1) is 22.8. The van der Waals surface area contributed by atoms with E-state index in [0.29, 0.717) is 31.3 Å². The average Bonchev–Trinajstić information content (AvgIpc) is 3.40.